The summed E-state index contributed by atoms with van der Waals surface area (Å²) in [4.78, 5) is 16.0. The molecule has 1 unspecified atom stereocenters. The van der Waals surface area contributed by atoms with E-state index in [1.807, 2.05) is 6.07 Å². The van der Waals surface area contributed by atoms with Gasteiger partial charge in [-0.25, -0.2) is 0 Å². The number of nitrogens with zero attached hydrogens (tertiary/aromatic N) is 2. The molecule has 0 heterocycles. The Bertz CT molecular complexity index is 500. The smallest absolute Gasteiger partial charge is 0.236 e. The number of rotatable bonds is 5. The zero-order chi connectivity index (χ0) is 15.4. The van der Waals surface area contributed by atoms with Gasteiger partial charge >= 0.3 is 0 Å². The first-order valence-corrected chi connectivity index (χ1v) is 7.79. The molecule has 0 saturated carbocycles. The van der Waals surface area contributed by atoms with E-state index in [2.05, 4.69) is 17.9 Å². The molecule has 0 radical (unpaired) electrons. The maximum atomic E-state index is 12.1. The molecule has 2 rings (SSSR count). The maximum absolute atomic E-state index is 12.1. The van der Waals surface area contributed by atoms with Crippen molar-refractivity contribution in [2.45, 2.75) is 38.6 Å². The van der Waals surface area contributed by atoms with Crippen LogP contribution in [0.2, 0.25) is 0 Å². The van der Waals surface area contributed by atoms with Gasteiger partial charge in [-0.3, -0.25) is 9.69 Å². The number of hydrogen-bond donors (Lipinski definition) is 1. The van der Waals surface area contributed by atoms with Gasteiger partial charge in [0, 0.05) is 20.1 Å². The summed E-state index contributed by atoms with van der Waals surface area (Å²) in [5.41, 5.74) is 2.26. The molecule has 1 atom stereocenters. The van der Waals surface area contributed by atoms with Crippen molar-refractivity contribution in [2.24, 2.45) is 0 Å². The van der Waals surface area contributed by atoms with Gasteiger partial charge in [0.15, 0.2) is 0 Å². The second-order valence-electron chi connectivity index (χ2n) is 6.01. The second kappa shape index (κ2) is 6.94. The monoisotopic (exact) mass is 290 g/mol. The van der Waals surface area contributed by atoms with Crippen LogP contribution in [0.1, 0.15) is 43.4 Å². The molecule has 21 heavy (non-hydrogen) atoms. The highest BCUT2D eigenvalue weighted by Gasteiger charge is 2.28. The van der Waals surface area contributed by atoms with Crippen LogP contribution in [0, 0.1) is 0 Å². The van der Waals surface area contributed by atoms with Crippen LogP contribution in [0.15, 0.2) is 18.2 Å². The first-order chi connectivity index (χ1) is 10.0. The minimum Gasteiger partial charge on any atom is -0.508 e. The van der Waals surface area contributed by atoms with Crippen molar-refractivity contribution in [1.29, 1.82) is 0 Å². The Hall–Kier alpha value is -1.55. The Labute approximate surface area is 127 Å². The van der Waals surface area contributed by atoms with Gasteiger partial charge in [-0.1, -0.05) is 19.1 Å². The summed E-state index contributed by atoms with van der Waals surface area (Å²) in [6, 6.07) is 6.01. The molecule has 0 aliphatic heterocycles. The van der Waals surface area contributed by atoms with Gasteiger partial charge in [0.05, 0.1) is 6.54 Å². The van der Waals surface area contributed by atoms with Crippen LogP contribution >= 0.6 is 0 Å². The molecule has 116 valence electrons. The third-order valence-corrected chi connectivity index (χ3v) is 4.24. The summed E-state index contributed by atoms with van der Waals surface area (Å²) in [7, 11) is 3.60. The van der Waals surface area contributed by atoms with Crippen molar-refractivity contribution in [3.63, 3.8) is 0 Å². The Morgan fingerprint density at radius 3 is 2.81 bits per heavy atom. The average molecular weight is 290 g/mol. The van der Waals surface area contributed by atoms with Crippen LogP contribution < -0.4 is 0 Å². The third kappa shape index (κ3) is 3.56. The fraction of sp³-hybridized carbons (Fsp3) is 0.588. The van der Waals surface area contributed by atoms with E-state index < -0.39 is 0 Å². The molecule has 1 aromatic carbocycles. The summed E-state index contributed by atoms with van der Waals surface area (Å²) < 4.78 is 0. The molecule has 0 spiro atoms. The number of phenols is 1. The largest absolute Gasteiger partial charge is 0.508 e. The van der Waals surface area contributed by atoms with Crippen LogP contribution in [0.3, 0.4) is 0 Å². The number of benzene rings is 1. The number of phenolic OH excluding ortho intramolecular Hbond substituents is 1. The van der Waals surface area contributed by atoms with Crippen molar-refractivity contribution in [2.75, 3.05) is 27.2 Å². The fourth-order valence-corrected chi connectivity index (χ4v) is 3.13. The molecule has 4 heteroatoms. The Morgan fingerprint density at radius 2 is 2.14 bits per heavy atom. The van der Waals surface area contributed by atoms with Crippen LogP contribution in [-0.4, -0.2) is 48.0 Å². The first kappa shape index (κ1) is 15.8. The third-order valence-electron chi connectivity index (χ3n) is 4.24. The number of hydrogen-bond acceptors (Lipinski definition) is 3. The number of carbonyl (C=O) groups excluding carboxylic acids is 1. The summed E-state index contributed by atoms with van der Waals surface area (Å²) in [6.07, 6.45) is 4.06. The van der Waals surface area contributed by atoms with Gasteiger partial charge in [0.1, 0.15) is 5.75 Å². The van der Waals surface area contributed by atoms with Crippen LogP contribution in [-0.2, 0) is 11.2 Å². The van der Waals surface area contributed by atoms with Crippen LogP contribution in [0.5, 0.6) is 5.75 Å². The minimum atomic E-state index is 0.135. The van der Waals surface area contributed by atoms with Gasteiger partial charge in [0.25, 0.3) is 0 Å². The van der Waals surface area contributed by atoms with E-state index in [1.54, 1.807) is 25.1 Å². The highest BCUT2D eigenvalue weighted by Crippen LogP contribution is 2.38. The lowest BCUT2D eigenvalue weighted by molar-refractivity contribution is -0.130. The SMILES string of the molecule is CCCN(CC(=O)N(C)C)C1CCCc2c(O)cccc21. The second-order valence-corrected chi connectivity index (χ2v) is 6.01. The molecule has 0 aromatic heterocycles. The number of aromatic hydroxyl groups is 1. The first-order valence-electron chi connectivity index (χ1n) is 7.79. The van der Waals surface area contributed by atoms with E-state index in [0.29, 0.717) is 12.3 Å². The standard InChI is InChI=1S/C17H26N2O2/c1-4-11-19(12-17(21)18(2)3)15-9-5-8-14-13(15)7-6-10-16(14)20/h6-7,10,15,20H,4-5,8-9,11-12H2,1-3H3. The quantitative estimate of drug-likeness (QED) is 0.906. The molecule has 1 N–H and O–H groups in total. The summed E-state index contributed by atoms with van der Waals surface area (Å²) in [6.45, 7) is 3.49. The van der Waals surface area contributed by atoms with Crippen LogP contribution in [0.25, 0.3) is 0 Å². The number of fused-ring (bicyclic) bond motifs is 1. The summed E-state index contributed by atoms with van der Waals surface area (Å²) in [5, 5.41) is 10.1. The molecule has 1 aliphatic rings. The predicted molar refractivity (Wildman–Crippen MR) is 84.3 cm³/mol. The topological polar surface area (TPSA) is 43.8 Å². The summed E-state index contributed by atoms with van der Waals surface area (Å²) in [5.74, 6) is 0.531. The van der Waals surface area contributed by atoms with Crippen molar-refractivity contribution >= 4 is 5.91 Å². The van der Waals surface area contributed by atoms with E-state index in [1.165, 1.54) is 5.56 Å². The Morgan fingerprint density at radius 1 is 1.38 bits per heavy atom. The predicted octanol–water partition coefficient (Wildman–Crippen LogP) is 2.57. The maximum Gasteiger partial charge on any atom is 0.236 e. The van der Waals surface area contributed by atoms with Crippen molar-refractivity contribution in [3.8, 4) is 5.75 Å². The van der Waals surface area contributed by atoms with Crippen LogP contribution in [0.4, 0.5) is 0 Å². The molecule has 0 fully saturated rings. The van der Waals surface area contributed by atoms with E-state index >= 15 is 0 Å². The highest BCUT2D eigenvalue weighted by molar-refractivity contribution is 5.77. The molecule has 1 aromatic rings. The lowest BCUT2D eigenvalue weighted by Gasteiger charge is -2.36. The van der Waals surface area contributed by atoms with Crippen molar-refractivity contribution < 1.29 is 9.90 Å². The Balaban J connectivity index is 2.26. The lowest BCUT2D eigenvalue weighted by atomic mass is 9.86. The van der Waals surface area contributed by atoms with E-state index in [4.69, 9.17) is 0 Å². The number of likely N-dealkylation sites (N-methyl/N-ethyl adjacent to an activating group) is 1. The highest BCUT2D eigenvalue weighted by atomic mass is 16.3. The van der Waals surface area contributed by atoms with Gasteiger partial charge in [0.2, 0.25) is 5.91 Å². The zero-order valence-electron chi connectivity index (χ0n) is 13.3. The van der Waals surface area contributed by atoms with Gasteiger partial charge < -0.3 is 10.0 Å². The van der Waals surface area contributed by atoms with Gasteiger partial charge in [-0.15, -0.1) is 0 Å². The molecular weight excluding hydrogens is 264 g/mol. The zero-order valence-corrected chi connectivity index (χ0v) is 13.3. The molecule has 0 saturated heterocycles. The average Bonchev–Trinajstić information content (AvgIpc) is 2.46. The molecule has 1 amide bonds. The molecule has 4 nitrogen and oxygen atoms in total. The molecule has 1 aliphatic carbocycles. The fourth-order valence-electron chi connectivity index (χ4n) is 3.13. The number of carbonyl (C=O) groups is 1. The normalized spacial score (nSPS) is 17.6. The van der Waals surface area contributed by atoms with E-state index in [0.717, 1.165) is 37.8 Å². The number of amides is 1. The van der Waals surface area contributed by atoms with E-state index in [-0.39, 0.29) is 11.9 Å². The van der Waals surface area contributed by atoms with E-state index in [9.17, 15) is 9.90 Å². The van der Waals surface area contributed by atoms with Gasteiger partial charge in [-0.05, 0) is 49.4 Å². The van der Waals surface area contributed by atoms with Gasteiger partial charge in [-0.2, -0.15) is 0 Å². The lowest BCUT2D eigenvalue weighted by Crippen LogP contribution is -2.40. The minimum absolute atomic E-state index is 0.135. The van der Waals surface area contributed by atoms with Crippen molar-refractivity contribution in [1.82, 2.24) is 9.80 Å². The molecular formula is C17H26N2O2. The Kier molecular flexibility index (Phi) is 5.23. The summed E-state index contributed by atoms with van der Waals surface area (Å²) >= 11 is 0. The van der Waals surface area contributed by atoms with Crippen molar-refractivity contribution in [3.05, 3.63) is 29.3 Å². The molecule has 0 bridgehead atoms.